The zero-order chi connectivity index (χ0) is 17.1. The van der Waals surface area contributed by atoms with E-state index in [1.807, 2.05) is 0 Å². The van der Waals surface area contributed by atoms with E-state index in [4.69, 9.17) is 16.3 Å². The van der Waals surface area contributed by atoms with Crippen molar-refractivity contribution in [2.24, 2.45) is 0 Å². The van der Waals surface area contributed by atoms with E-state index in [1.54, 1.807) is 0 Å². The lowest BCUT2D eigenvalue weighted by molar-refractivity contribution is -0.143. The summed E-state index contributed by atoms with van der Waals surface area (Å²) in [6.07, 6.45) is 1.31. The molecule has 23 heavy (non-hydrogen) atoms. The number of hydrogen-bond acceptors (Lipinski definition) is 7. The number of phenolic OH excluding ortho intramolecular Hbond substituents is 1. The fourth-order valence-electron chi connectivity index (χ4n) is 1.83. The van der Waals surface area contributed by atoms with Crippen molar-refractivity contribution < 1.29 is 29.0 Å². The molecular weight excluding hydrogens is 346 g/mol. The van der Waals surface area contributed by atoms with Crippen LogP contribution in [0.2, 0.25) is 5.02 Å². The number of rotatable bonds is 4. The lowest BCUT2D eigenvalue weighted by Crippen LogP contribution is -2.34. The first-order valence-electron chi connectivity index (χ1n) is 6.26. The van der Waals surface area contributed by atoms with Gasteiger partial charge in [0.25, 0.3) is 11.1 Å². The van der Waals surface area contributed by atoms with Crippen molar-refractivity contribution in [3.8, 4) is 11.5 Å². The number of aromatic hydroxyl groups is 1. The highest BCUT2D eigenvalue weighted by atomic mass is 35.5. The first-order valence-corrected chi connectivity index (χ1v) is 7.45. The molecule has 0 bridgehead atoms. The second kappa shape index (κ2) is 6.93. The third-order valence-electron chi connectivity index (χ3n) is 2.96. The molecule has 1 aromatic carbocycles. The van der Waals surface area contributed by atoms with Gasteiger partial charge in [0, 0.05) is 16.7 Å². The number of methoxy groups -OCH3 is 2. The number of carbonyl (C=O) groups excluding carboxylic acids is 3. The molecule has 0 unspecified atom stereocenters. The number of amides is 2. The van der Waals surface area contributed by atoms with Gasteiger partial charge in [-0.2, -0.15) is 0 Å². The molecule has 1 N–H and O–H groups in total. The van der Waals surface area contributed by atoms with Crippen LogP contribution in [0.4, 0.5) is 4.79 Å². The molecule has 0 spiro atoms. The fraction of sp³-hybridized carbons (Fsp3) is 0.214. The Bertz CT molecular complexity index is 717. The van der Waals surface area contributed by atoms with Gasteiger partial charge in [0.2, 0.25) is 0 Å². The number of ether oxygens (including phenoxy) is 2. The minimum Gasteiger partial charge on any atom is -0.504 e. The van der Waals surface area contributed by atoms with Gasteiger partial charge >= 0.3 is 5.97 Å². The quantitative estimate of drug-likeness (QED) is 0.652. The van der Waals surface area contributed by atoms with Gasteiger partial charge < -0.3 is 14.6 Å². The Balaban J connectivity index is 2.34. The standard InChI is InChI=1S/C14H12ClNO6S/c1-21-9-5-8(15)3-7(12(9)18)4-10-13(19)16(14(20)23-10)6-11(17)22-2/h3-5,18H,6H2,1-2H3. The largest absolute Gasteiger partial charge is 0.504 e. The van der Waals surface area contributed by atoms with Crippen LogP contribution in [0.25, 0.3) is 6.08 Å². The lowest BCUT2D eigenvalue weighted by atomic mass is 10.1. The van der Waals surface area contributed by atoms with E-state index in [0.29, 0.717) is 16.8 Å². The van der Waals surface area contributed by atoms with Crippen molar-refractivity contribution >= 4 is 46.6 Å². The summed E-state index contributed by atoms with van der Waals surface area (Å²) in [4.78, 5) is 36.1. The van der Waals surface area contributed by atoms with Crippen LogP contribution in [0.3, 0.4) is 0 Å². The molecule has 1 aliphatic heterocycles. The van der Waals surface area contributed by atoms with Crippen LogP contribution in [0.1, 0.15) is 5.56 Å². The van der Waals surface area contributed by atoms with Crippen LogP contribution in [0.5, 0.6) is 11.5 Å². The van der Waals surface area contributed by atoms with Crippen LogP contribution in [0, 0.1) is 0 Å². The van der Waals surface area contributed by atoms with Gasteiger partial charge in [0.15, 0.2) is 11.5 Å². The fourth-order valence-corrected chi connectivity index (χ4v) is 2.88. The van der Waals surface area contributed by atoms with Crippen molar-refractivity contribution in [2.75, 3.05) is 20.8 Å². The Morgan fingerprint density at radius 3 is 2.70 bits per heavy atom. The summed E-state index contributed by atoms with van der Waals surface area (Å²) >= 11 is 6.57. The molecule has 1 saturated heterocycles. The van der Waals surface area contributed by atoms with Crippen molar-refractivity contribution in [2.45, 2.75) is 0 Å². The van der Waals surface area contributed by atoms with Gasteiger partial charge in [-0.05, 0) is 23.9 Å². The molecule has 122 valence electrons. The maximum absolute atomic E-state index is 12.2. The summed E-state index contributed by atoms with van der Waals surface area (Å²) in [5.41, 5.74) is 0.220. The van der Waals surface area contributed by atoms with Crippen LogP contribution < -0.4 is 4.74 Å². The Kier molecular flexibility index (Phi) is 5.17. The molecule has 0 saturated carbocycles. The lowest BCUT2D eigenvalue weighted by Gasteiger charge is -2.10. The Morgan fingerprint density at radius 1 is 1.39 bits per heavy atom. The highest BCUT2D eigenvalue weighted by Crippen LogP contribution is 2.38. The van der Waals surface area contributed by atoms with E-state index in [-0.39, 0.29) is 22.0 Å². The minimum atomic E-state index is -0.708. The van der Waals surface area contributed by atoms with Gasteiger partial charge in [-0.3, -0.25) is 19.3 Å². The molecular formula is C14H12ClNO6S. The number of benzene rings is 1. The molecule has 0 radical (unpaired) electrons. The summed E-state index contributed by atoms with van der Waals surface area (Å²) in [5, 5.41) is 9.75. The van der Waals surface area contributed by atoms with Gasteiger partial charge in [0.05, 0.1) is 19.1 Å². The number of thioether (sulfide) groups is 1. The van der Waals surface area contributed by atoms with Crippen molar-refractivity contribution in [1.29, 1.82) is 0 Å². The second-order valence-corrected chi connectivity index (χ2v) is 5.82. The third-order valence-corrected chi connectivity index (χ3v) is 4.09. The molecule has 0 aliphatic carbocycles. The second-order valence-electron chi connectivity index (χ2n) is 4.39. The summed E-state index contributed by atoms with van der Waals surface area (Å²) in [5.74, 6) is -1.43. The molecule has 1 aliphatic rings. The molecule has 9 heteroatoms. The smallest absolute Gasteiger partial charge is 0.325 e. The number of carbonyl (C=O) groups is 3. The number of esters is 1. The van der Waals surface area contributed by atoms with E-state index in [2.05, 4.69) is 4.74 Å². The maximum Gasteiger partial charge on any atom is 0.325 e. The van der Waals surface area contributed by atoms with Crippen molar-refractivity contribution in [1.82, 2.24) is 4.90 Å². The van der Waals surface area contributed by atoms with Crippen LogP contribution in [0.15, 0.2) is 17.0 Å². The molecule has 2 amide bonds. The van der Waals surface area contributed by atoms with Gasteiger partial charge in [-0.1, -0.05) is 11.6 Å². The van der Waals surface area contributed by atoms with Gasteiger partial charge in [-0.25, -0.2) is 0 Å². The monoisotopic (exact) mass is 357 g/mol. The summed E-state index contributed by atoms with van der Waals surface area (Å²) in [6, 6.07) is 2.84. The average molecular weight is 358 g/mol. The first kappa shape index (κ1) is 17.2. The molecule has 1 aromatic rings. The van der Waals surface area contributed by atoms with E-state index >= 15 is 0 Å². The topological polar surface area (TPSA) is 93.1 Å². The van der Waals surface area contributed by atoms with E-state index in [9.17, 15) is 19.5 Å². The molecule has 0 aromatic heterocycles. The Morgan fingerprint density at radius 2 is 2.09 bits per heavy atom. The normalized spacial score (nSPS) is 16.1. The molecule has 1 heterocycles. The molecule has 0 atom stereocenters. The van der Waals surface area contributed by atoms with Gasteiger partial charge in [-0.15, -0.1) is 0 Å². The van der Waals surface area contributed by atoms with E-state index in [0.717, 1.165) is 12.0 Å². The summed E-state index contributed by atoms with van der Waals surface area (Å²) in [7, 11) is 2.52. The van der Waals surface area contributed by atoms with Crippen LogP contribution in [-0.2, 0) is 14.3 Å². The molecule has 2 rings (SSSR count). The van der Waals surface area contributed by atoms with Crippen LogP contribution >= 0.6 is 23.4 Å². The zero-order valence-corrected chi connectivity index (χ0v) is 13.7. The Hall–Kier alpha value is -2.19. The summed E-state index contributed by atoms with van der Waals surface area (Å²) in [6.45, 7) is -0.469. The number of hydrogen-bond donors (Lipinski definition) is 1. The number of phenols is 1. The van der Waals surface area contributed by atoms with E-state index in [1.165, 1.54) is 25.3 Å². The summed E-state index contributed by atoms with van der Waals surface area (Å²) < 4.78 is 9.41. The SMILES string of the molecule is COC(=O)CN1C(=O)SC(=Cc2cc(Cl)cc(OC)c2O)C1=O. The first-order chi connectivity index (χ1) is 10.9. The average Bonchev–Trinajstić information content (AvgIpc) is 2.77. The van der Waals surface area contributed by atoms with Crippen LogP contribution in [-0.4, -0.2) is 47.9 Å². The Labute approximate surface area is 140 Å². The molecule has 1 fully saturated rings. The highest BCUT2D eigenvalue weighted by molar-refractivity contribution is 8.18. The highest BCUT2D eigenvalue weighted by Gasteiger charge is 2.36. The number of nitrogens with zero attached hydrogens (tertiary/aromatic N) is 1. The number of imide groups is 1. The zero-order valence-electron chi connectivity index (χ0n) is 12.2. The maximum atomic E-state index is 12.2. The third kappa shape index (κ3) is 3.59. The predicted octanol–water partition coefficient (Wildman–Crippen LogP) is 2.26. The predicted molar refractivity (Wildman–Crippen MR) is 84.4 cm³/mol. The van der Waals surface area contributed by atoms with E-state index < -0.39 is 23.7 Å². The van der Waals surface area contributed by atoms with Crippen molar-refractivity contribution in [3.05, 3.63) is 27.6 Å². The molecule has 7 nitrogen and oxygen atoms in total. The van der Waals surface area contributed by atoms with Crippen molar-refractivity contribution in [3.63, 3.8) is 0 Å². The minimum absolute atomic E-state index is 0.0542. The number of halogens is 1. The van der Waals surface area contributed by atoms with Gasteiger partial charge in [0.1, 0.15) is 6.54 Å².